The molecule has 0 unspecified atom stereocenters. The topological polar surface area (TPSA) is 96.6 Å². The van der Waals surface area contributed by atoms with Gasteiger partial charge in [0.1, 0.15) is 23.2 Å². The van der Waals surface area contributed by atoms with Gasteiger partial charge in [-0.1, -0.05) is 6.07 Å². The number of carboxylic acids is 1. The molecule has 2 aromatic carbocycles. The van der Waals surface area contributed by atoms with Crippen molar-refractivity contribution in [1.29, 1.82) is 5.26 Å². The number of hydrogen-bond donors (Lipinski definition) is 1. The van der Waals surface area contributed by atoms with Crippen LogP contribution >= 0.6 is 0 Å². The number of ether oxygens (including phenoxy) is 2. The third kappa shape index (κ3) is 5.35. The molecule has 0 amide bonds. The van der Waals surface area contributed by atoms with Gasteiger partial charge in [-0.3, -0.25) is 4.79 Å². The summed E-state index contributed by atoms with van der Waals surface area (Å²) in [5, 5.41) is 18.2. The van der Waals surface area contributed by atoms with Crippen LogP contribution < -0.4 is 4.74 Å². The second-order valence-corrected chi connectivity index (χ2v) is 6.64. The number of carbonyl (C=O) groups is 2. The average molecular weight is 353 g/mol. The van der Waals surface area contributed by atoms with E-state index in [0.717, 1.165) is 0 Å². The quantitative estimate of drug-likeness (QED) is 0.818. The summed E-state index contributed by atoms with van der Waals surface area (Å²) in [6, 6.07) is 12.8. The van der Waals surface area contributed by atoms with Crippen molar-refractivity contribution in [2.45, 2.75) is 32.8 Å². The molecule has 0 radical (unpaired) electrons. The molecule has 6 nitrogen and oxygen atoms in total. The predicted octanol–water partition coefficient (Wildman–Crippen LogP) is 3.93. The summed E-state index contributed by atoms with van der Waals surface area (Å²) >= 11 is 0. The highest BCUT2D eigenvalue weighted by Gasteiger charge is 2.17. The number of benzene rings is 2. The summed E-state index contributed by atoms with van der Waals surface area (Å²) in [5.41, 5.74) is 0.489. The first kappa shape index (κ1) is 19.0. The summed E-state index contributed by atoms with van der Waals surface area (Å²) in [5.74, 6) is -0.671. The van der Waals surface area contributed by atoms with Crippen LogP contribution in [0.5, 0.6) is 11.5 Å². The lowest BCUT2D eigenvalue weighted by Gasteiger charge is -2.19. The van der Waals surface area contributed by atoms with Gasteiger partial charge in [0.2, 0.25) is 0 Å². The van der Waals surface area contributed by atoms with Gasteiger partial charge in [-0.05, 0) is 62.7 Å². The first-order chi connectivity index (χ1) is 12.2. The molecule has 6 heteroatoms. The Labute approximate surface area is 151 Å². The Morgan fingerprint density at radius 1 is 1.12 bits per heavy atom. The number of aromatic carboxylic acids is 1. The number of carbonyl (C=O) groups excluding carboxylic acids is 1. The van der Waals surface area contributed by atoms with Gasteiger partial charge in [0.05, 0.1) is 17.5 Å². The van der Waals surface area contributed by atoms with Crippen LogP contribution in [0, 0.1) is 11.3 Å². The predicted molar refractivity (Wildman–Crippen MR) is 94.2 cm³/mol. The van der Waals surface area contributed by atoms with Crippen molar-refractivity contribution in [2.24, 2.45) is 0 Å². The smallest absolute Gasteiger partial charge is 0.335 e. The number of hydrogen-bond acceptors (Lipinski definition) is 5. The van der Waals surface area contributed by atoms with Gasteiger partial charge >= 0.3 is 11.9 Å². The lowest BCUT2D eigenvalue weighted by atomic mass is 10.1. The van der Waals surface area contributed by atoms with E-state index in [4.69, 9.17) is 14.6 Å². The van der Waals surface area contributed by atoms with Crippen molar-refractivity contribution in [1.82, 2.24) is 0 Å². The highest BCUT2D eigenvalue weighted by Crippen LogP contribution is 2.26. The Morgan fingerprint density at radius 3 is 2.31 bits per heavy atom. The normalized spacial score (nSPS) is 10.7. The third-order valence-corrected chi connectivity index (χ3v) is 3.26. The summed E-state index contributed by atoms with van der Waals surface area (Å²) in [4.78, 5) is 22.8. The van der Waals surface area contributed by atoms with Crippen LogP contribution in [0.1, 0.15) is 42.3 Å². The fourth-order valence-electron chi connectivity index (χ4n) is 2.20. The van der Waals surface area contributed by atoms with Gasteiger partial charge in [0.15, 0.2) is 0 Å². The van der Waals surface area contributed by atoms with Gasteiger partial charge in [-0.2, -0.15) is 5.26 Å². The largest absolute Gasteiger partial charge is 0.478 e. The Bertz CT molecular complexity index is 857. The molecule has 0 aliphatic rings. The van der Waals surface area contributed by atoms with Crippen molar-refractivity contribution in [3.05, 3.63) is 59.2 Å². The lowest BCUT2D eigenvalue weighted by Crippen LogP contribution is -2.24. The number of nitrogens with zero attached hydrogens (tertiary/aromatic N) is 1. The molecule has 0 saturated carbocycles. The Hall–Kier alpha value is -3.33. The van der Waals surface area contributed by atoms with Gasteiger partial charge < -0.3 is 14.6 Å². The van der Waals surface area contributed by atoms with Crippen LogP contribution in [0.3, 0.4) is 0 Å². The zero-order valence-corrected chi connectivity index (χ0v) is 14.8. The van der Waals surface area contributed by atoms with Crippen molar-refractivity contribution in [3.63, 3.8) is 0 Å². The maximum Gasteiger partial charge on any atom is 0.335 e. The van der Waals surface area contributed by atoms with Crippen LogP contribution in [0.15, 0.2) is 42.5 Å². The number of carboxylic acid groups (broad SMARTS) is 1. The Kier molecular flexibility index (Phi) is 5.63. The molecular formula is C20H19NO5. The molecule has 134 valence electrons. The Morgan fingerprint density at radius 2 is 1.77 bits per heavy atom. The molecule has 2 aromatic rings. The fourth-order valence-corrected chi connectivity index (χ4v) is 2.20. The standard InChI is InChI=1S/C20H19NO5/c1-20(2,3)26-18(22)11-13-4-9-17(15(10-13)12-21)25-16-7-5-14(6-8-16)19(23)24/h4-10H,11H2,1-3H3,(H,23,24). The monoisotopic (exact) mass is 353 g/mol. The SMILES string of the molecule is CC(C)(C)OC(=O)Cc1ccc(Oc2ccc(C(=O)O)cc2)c(C#N)c1. The number of nitriles is 1. The second-order valence-electron chi connectivity index (χ2n) is 6.64. The van der Waals surface area contributed by atoms with Gasteiger partial charge in [-0.25, -0.2) is 4.79 Å². The van der Waals surface area contributed by atoms with Crippen molar-refractivity contribution in [3.8, 4) is 17.6 Å². The molecule has 0 aromatic heterocycles. The van der Waals surface area contributed by atoms with Crippen LogP contribution in [-0.4, -0.2) is 22.6 Å². The molecule has 0 aliphatic carbocycles. The average Bonchev–Trinajstić information content (AvgIpc) is 2.55. The van der Waals surface area contributed by atoms with Gasteiger partial charge in [0, 0.05) is 0 Å². The minimum absolute atomic E-state index is 0.0551. The zero-order chi connectivity index (χ0) is 19.3. The molecule has 1 N–H and O–H groups in total. The molecule has 0 bridgehead atoms. The number of esters is 1. The molecule has 0 aliphatic heterocycles. The van der Waals surface area contributed by atoms with Crippen LogP contribution in [0.25, 0.3) is 0 Å². The minimum atomic E-state index is -1.03. The molecule has 0 saturated heterocycles. The zero-order valence-electron chi connectivity index (χ0n) is 14.8. The van der Waals surface area contributed by atoms with E-state index in [0.29, 0.717) is 17.1 Å². The molecule has 0 atom stereocenters. The maximum atomic E-state index is 11.9. The third-order valence-electron chi connectivity index (χ3n) is 3.26. The lowest BCUT2D eigenvalue weighted by molar-refractivity contribution is -0.153. The van der Waals surface area contributed by atoms with E-state index in [9.17, 15) is 14.9 Å². The van der Waals surface area contributed by atoms with E-state index in [-0.39, 0.29) is 23.5 Å². The Balaban J connectivity index is 2.14. The summed E-state index contributed by atoms with van der Waals surface area (Å²) in [7, 11) is 0. The van der Waals surface area contributed by atoms with Crippen LogP contribution in [-0.2, 0) is 16.0 Å². The van der Waals surface area contributed by atoms with Crippen molar-refractivity contribution < 1.29 is 24.2 Å². The molecule has 2 rings (SSSR count). The molecule has 0 heterocycles. The summed E-state index contributed by atoms with van der Waals surface area (Å²) < 4.78 is 10.9. The van der Waals surface area contributed by atoms with Gasteiger partial charge in [-0.15, -0.1) is 0 Å². The molecule has 0 fully saturated rings. The van der Waals surface area contributed by atoms with Crippen molar-refractivity contribution in [2.75, 3.05) is 0 Å². The van der Waals surface area contributed by atoms with E-state index in [2.05, 4.69) is 0 Å². The van der Waals surface area contributed by atoms with Crippen LogP contribution in [0.2, 0.25) is 0 Å². The molecule has 26 heavy (non-hydrogen) atoms. The molecular weight excluding hydrogens is 334 g/mol. The highest BCUT2D eigenvalue weighted by molar-refractivity contribution is 5.87. The van der Waals surface area contributed by atoms with Gasteiger partial charge in [0.25, 0.3) is 0 Å². The summed E-state index contributed by atoms with van der Waals surface area (Å²) in [6.07, 6.45) is 0.0551. The van der Waals surface area contributed by atoms with E-state index in [1.54, 1.807) is 39.0 Å². The summed E-state index contributed by atoms with van der Waals surface area (Å²) in [6.45, 7) is 5.37. The first-order valence-corrected chi connectivity index (χ1v) is 7.94. The van der Waals surface area contributed by atoms with E-state index in [1.165, 1.54) is 24.3 Å². The highest BCUT2D eigenvalue weighted by atomic mass is 16.6. The number of rotatable bonds is 5. The molecule has 0 spiro atoms. The second kappa shape index (κ2) is 7.70. The fraction of sp³-hybridized carbons (Fsp3) is 0.250. The maximum absolute atomic E-state index is 11.9. The van der Waals surface area contributed by atoms with E-state index >= 15 is 0 Å². The van der Waals surface area contributed by atoms with E-state index in [1.807, 2.05) is 6.07 Å². The van der Waals surface area contributed by atoms with Crippen molar-refractivity contribution >= 4 is 11.9 Å². The minimum Gasteiger partial charge on any atom is -0.478 e. The van der Waals surface area contributed by atoms with E-state index < -0.39 is 11.6 Å². The first-order valence-electron chi connectivity index (χ1n) is 7.94. The van der Waals surface area contributed by atoms with Crippen LogP contribution in [0.4, 0.5) is 0 Å².